The minimum atomic E-state index is -0.541. The summed E-state index contributed by atoms with van der Waals surface area (Å²) in [5, 5.41) is 2.67. The lowest BCUT2D eigenvalue weighted by molar-refractivity contribution is 0.0635. The lowest BCUT2D eigenvalue weighted by Gasteiger charge is -2.19. The maximum atomic E-state index is 11.7. The van der Waals surface area contributed by atoms with Crippen molar-refractivity contribution in [2.45, 2.75) is 33.3 Å². The van der Waals surface area contributed by atoms with Crippen LogP contribution in [0.5, 0.6) is 0 Å². The van der Waals surface area contributed by atoms with E-state index < -0.39 is 11.7 Å². The van der Waals surface area contributed by atoms with Crippen LogP contribution in [0.3, 0.4) is 0 Å². The Kier molecular flexibility index (Phi) is 4.54. The minimum Gasteiger partial charge on any atom is -0.444 e. The molecule has 0 bridgehead atoms. The van der Waals surface area contributed by atoms with Gasteiger partial charge in [-0.3, -0.25) is 10.1 Å². The van der Waals surface area contributed by atoms with Crippen molar-refractivity contribution in [1.29, 1.82) is 0 Å². The van der Waals surface area contributed by atoms with Crippen LogP contribution in [0.1, 0.15) is 38.3 Å². The normalized spacial score (nSPS) is 11.2. The molecular weight excluding hydrogens is 294 g/mol. The maximum absolute atomic E-state index is 11.7. The van der Waals surface area contributed by atoms with Gasteiger partial charge in [-0.15, -0.1) is 0 Å². The van der Waals surface area contributed by atoms with E-state index in [0.29, 0.717) is 17.2 Å². The van der Waals surface area contributed by atoms with Crippen molar-refractivity contribution >= 4 is 17.6 Å². The summed E-state index contributed by atoms with van der Waals surface area (Å²) in [6.07, 6.45) is 1.30. The topological polar surface area (TPSA) is 73.2 Å². The molecule has 0 radical (unpaired) electrons. The van der Waals surface area contributed by atoms with E-state index >= 15 is 0 Å². The Bertz CT molecular complexity index is 725. The van der Waals surface area contributed by atoms with E-state index in [1.807, 2.05) is 32.9 Å². The highest BCUT2D eigenvalue weighted by Crippen LogP contribution is 2.21. The van der Waals surface area contributed by atoms with Gasteiger partial charge in [-0.25, -0.2) is 9.78 Å². The second kappa shape index (κ2) is 6.24. The van der Waals surface area contributed by atoms with Crippen LogP contribution >= 0.6 is 0 Å². The van der Waals surface area contributed by atoms with Gasteiger partial charge in [-0.1, -0.05) is 12.1 Å². The van der Waals surface area contributed by atoms with Gasteiger partial charge >= 0.3 is 6.09 Å². The fourth-order valence-corrected chi connectivity index (χ4v) is 2.08. The largest absolute Gasteiger partial charge is 0.444 e. The molecule has 6 nitrogen and oxygen atoms in total. The molecular formula is C17H21N3O3. The molecule has 2 aromatic rings. The average Bonchev–Trinajstić information content (AvgIpc) is 2.79. The van der Waals surface area contributed by atoms with E-state index in [2.05, 4.69) is 10.3 Å². The molecule has 0 saturated heterocycles. The van der Waals surface area contributed by atoms with Gasteiger partial charge < -0.3 is 9.30 Å². The summed E-state index contributed by atoms with van der Waals surface area (Å²) in [7, 11) is 1.78. The van der Waals surface area contributed by atoms with E-state index in [4.69, 9.17) is 4.74 Å². The van der Waals surface area contributed by atoms with Crippen molar-refractivity contribution in [3.63, 3.8) is 0 Å². The second-order valence-corrected chi connectivity index (χ2v) is 6.32. The standard InChI is InChI=1S/C17H21N3O3/c1-11(21)15-19-14(10-20(15)5)12-6-8-13(9-7-12)18-16(22)23-17(2,3)4/h6-10H,1-5H3,(H,18,22). The van der Waals surface area contributed by atoms with Crippen LogP contribution in [0.4, 0.5) is 10.5 Å². The molecule has 0 saturated carbocycles. The number of benzene rings is 1. The zero-order valence-corrected chi connectivity index (χ0v) is 14.0. The Morgan fingerprint density at radius 1 is 1.17 bits per heavy atom. The lowest BCUT2D eigenvalue weighted by Crippen LogP contribution is -2.27. The van der Waals surface area contributed by atoms with E-state index in [0.717, 1.165) is 5.56 Å². The molecule has 1 N–H and O–H groups in total. The minimum absolute atomic E-state index is 0.0815. The number of ether oxygens (including phenoxy) is 1. The first-order valence-electron chi connectivity index (χ1n) is 7.30. The third-order valence-electron chi connectivity index (χ3n) is 3.02. The van der Waals surface area contributed by atoms with Gasteiger partial charge in [0, 0.05) is 31.4 Å². The Balaban J connectivity index is 2.12. The van der Waals surface area contributed by atoms with Crippen molar-refractivity contribution in [3.8, 4) is 11.3 Å². The summed E-state index contributed by atoms with van der Waals surface area (Å²) in [4.78, 5) is 27.5. The Labute approximate surface area is 135 Å². The summed E-state index contributed by atoms with van der Waals surface area (Å²) in [6, 6.07) is 7.20. The summed E-state index contributed by atoms with van der Waals surface area (Å²) < 4.78 is 6.90. The summed E-state index contributed by atoms with van der Waals surface area (Å²) in [6.45, 7) is 6.91. The van der Waals surface area contributed by atoms with Gasteiger partial charge in [-0.05, 0) is 32.9 Å². The smallest absolute Gasteiger partial charge is 0.412 e. The van der Waals surface area contributed by atoms with Crippen molar-refractivity contribution in [2.75, 3.05) is 5.32 Å². The predicted molar refractivity (Wildman–Crippen MR) is 88.5 cm³/mol. The molecule has 1 heterocycles. The molecule has 1 aromatic carbocycles. The van der Waals surface area contributed by atoms with E-state index in [1.54, 1.807) is 29.9 Å². The first-order chi connectivity index (χ1) is 10.7. The highest BCUT2D eigenvalue weighted by molar-refractivity contribution is 5.91. The Morgan fingerprint density at radius 3 is 2.26 bits per heavy atom. The third kappa shape index (κ3) is 4.42. The van der Waals surface area contributed by atoms with Crippen molar-refractivity contribution in [1.82, 2.24) is 9.55 Å². The predicted octanol–water partition coefficient (Wildman–Crippen LogP) is 3.64. The van der Waals surface area contributed by atoms with Gasteiger partial charge in [0.05, 0.1) is 5.69 Å². The third-order valence-corrected chi connectivity index (χ3v) is 3.02. The van der Waals surface area contributed by atoms with Crippen LogP contribution in [0.25, 0.3) is 11.3 Å². The Hall–Kier alpha value is -2.63. The highest BCUT2D eigenvalue weighted by Gasteiger charge is 2.16. The molecule has 6 heteroatoms. The molecule has 23 heavy (non-hydrogen) atoms. The average molecular weight is 315 g/mol. The number of aryl methyl sites for hydroxylation is 1. The fourth-order valence-electron chi connectivity index (χ4n) is 2.08. The van der Waals surface area contributed by atoms with Crippen molar-refractivity contribution in [2.24, 2.45) is 7.05 Å². The summed E-state index contributed by atoms with van der Waals surface area (Å²) in [5.41, 5.74) is 1.66. The number of nitrogens with zero attached hydrogens (tertiary/aromatic N) is 2. The Morgan fingerprint density at radius 2 is 1.78 bits per heavy atom. The number of nitrogens with one attached hydrogen (secondary N) is 1. The molecule has 2 rings (SSSR count). The van der Waals surface area contributed by atoms with E-state index in [9.17, 15) is 9.59 Å². The molecule has 122 valence electrons. The zero-order chi connectivity index (χ0) is 17.2. The van der Waals surface area contributed by atoms with Crippen LogP contribution in [0.15, 0.2) is 30.5 Å². The van der Waals surface area contributed by atoms with Gasteiger partial charge in [0.25, 0.3) is 0 Å². The molecule has 0 aliphatic carbocycles. The van der Waals surface area contributed by atoms with Gasteiger partial charge in [0.2, 0.25) is 0 Å². The number of imidazole rings is 1. The molecule has 0 spiro atoms. The van der Waals surface area contributed by atoms with Crippen LogP contribution < -0.4 is 5.32 Å². The fraction of sp³-hybridized carbons (Fsp3) is 0.353. The van der Waals surface area contributed by atoms with Crippen LogP contribution in [-0.2, 0) is 11.8 Å². The van der Waals surface area contributed by atoms with Gasteiger partial charge in [0.1, 0.15) is 5.60 Å². The molecule has 1 aromatic heterocycles. The lowest BCUT2D eigenvalue weighted by atomic mass is 10.1. The molecule has 0 aliphatic rings. The maximum Gasteiger partial charge on any atom is 0.412 e. The zero-order valence-electron chi connectivity index (χ0n) is 14.0. The number of carbonyl (C=O) groups excluding carboxylic acids is 2. The number of aromatic nitrogens is 2. The van der Waals surface area contributed by atoms with Gasteiger partial charge in [0.15, 0.2) is 11.6 Å². The quantitative estimate of drug-likeness (QED) is 0.878. The number of carbonyl (C=O) groups is 2. The molecule has 0 unspecified atom stereocenters. The first kappa shape index (κ1) is 16.7. The van der Waals surface area contributed by atoms with Crippen LogP contribution in [0, 0.1) is 0 Å². The van der Waals surface area contributed by atoms with E-state index in [1.165, 1.54) is 6.92 Å². The number of anilines is 1. The van der Waals surface area contributed by atoms with Gasteiger partial charge in [-0.2, -0.15) is 0 Å². The number of amides is 1. The number of hydrogen-bond donors (Lipinski definition) is 1. The number of hydrogen-bond acceptors (Lipinski definition) is 4. The summed E-state index contributed by atoms with van der Waals surface area (Å²) in [5.74, 6) is 0.331. The molecule has 1 amide bonds. The molecule has 0 atom stereocenters. The number of ketones is 1. The molecule has 0 fully saturated rings. The second-order valence-electron chi connectivity index (χ2n) is 6.32. The van der Waals surface area contributed by atoms with Crippen molar-refractivity contribution < 1.29 is 14.3 Å². The highest BCUT2D eigenvalue weighted by atomic mass is 16.6. The van der Waals surface area contributed by atoms with Crippen molar-refractivity contribution in [3.05, 3.63) is 36.3 Å². The number of rotatable bonds is 3. The monoisotopic (exact) mass is 315 g/mol. The SMILES string of the molecule is CC(=O)c1nc(-c2ccc(NC(=O)OC(C)(C)C)cc2)cn1C. The molecule has 0 aliphatic heterocycles. The van der Waals surface area contributed by atoms with Crippen LogP contribution in [0.2, 0.25) is 0 Å². The summed E-state index contributed by atoms with van der Waals surface area (Å²) >= 11 is 0. The van der Waals surface area contributed by atoms with E-state index in [-0.39, 0.29) is 5.78 Å². The number of Topliss-reactive ketones (excluding diaryl/α,β-unsaturated/α-hetero) is 1. The van der Waals surface area contributed by atoms with Crippen LogP contribution in [-0.4, -0.2) is 27.0 Å². The first-order valence-corrected chi connectivity index (χ1v) is 7.30.